The first-order valence-corrected chi connectivity index (χ1v) is 7.43. The Hall–Kier alpha value is -1.53. The lowest BCUT2D eigenvalue weighted by atomic mass is 9.79. The molecule has 5 nitrogen and oxygen atoms in total. The van der Waals surface area contributed by atoms with Crippen LogP contribution in [0.4, 0.5) is 0 Å². The van der Waals surface area contributed by atoms with Crippen LogP contribution < -0.4 is 10.2 Å². The van der Waals surface area contributed by atoms with Gasteiger partial charge in [-0.2, -0.15) is 0 Å². The molecule has 1 heterocycles. The summed E-state index contributed by atoms with van der Waals surface area (Å²) in [6.07, 6.45) is 0. The van der Waals surface area contributed by atoms with E-state index < -0.39 is 0 Å². The van der Waals surface area contributed by atoms with Crippen molar-refractivity contribution >= 4 is 18.6 Å². The van der Waals surface area contributed by atoms with Crippen LogP contribution in [-0.2, 0) is 18.8 Å². The predicted molar refractivity (Wildman–Crippen MR) is 84.3 cm³/mol. The van der Waals surface area contributed by atoms with E-state index in [0.29, 0.717) is 12.4 Å². The third-order valence-corrected chi connectivity index (χ3v) is 4.06. The van der Waals surface area contributed by atoms with Crippen LogP contribution in [0.15, 0.2) is 24.3 Å². The van der Waals surface area contributed by atoms with Gasteiger partial charge in [0, 0.05) is 6.92 Å². The van der Waals surface area contributed by atoms with Crippen molar-refractivity contribution in [3.63, 3.8) is 0 Å². The van der Waals surface area contributed by atoms with Gasteiger partial charge in [0.15, 0.2) is 0 Å². The maximum atomic E-state index is 10.6. The Labute approximate surface area is 132 Å². The minimum atomic E-state index is -0.375. The van der Waals surface area contributed by atoms with Crippen LogP contribution in [-0.4, -0.2) is 37.5 Å². The number of carbonyl (C=O) groups excluding carboxylic acids is 1. The number of benzene rings is 1. The molecular formula is C16H23BO5. The SMILES string of the molecule is CC(=O)OCCOc1ccc(B2OC(C)(C)C(C)(C)O2)cc1. The number of rotatable bonds is 5. The number of esters is 1. The molecule has 1 aliphatic rings. The number of hydrogen-bond donors (Lipinski definition) is 0. The number of hydrogen-bond acceptors (Lipinski definition) is 5. The second-order valence-corrected chi connectivity index (χ2v) is 6.35. The zero-order chi connectivity index (χ0) is 16.4. The average Bonchev–Trinajstić information content (AvgIpc) is 2.64. The van der Waals surface area contributed by atoms with Gasteiger partial charge in [0.25, 0.3) is 0 Å². The van der Waals surface area contributed by atoms with E-state index in [9.17, 15) is 4.79 Å². The maximum absolute atomic E-state index is 10.6. The van der Waals surface area contributed by atoms with Crippen molar-refractivity contribution < 1.29 is 23.6 Å². The van der Waals surface area contributed by atoms with Gasteiger partial charge in [0.1, 0.15) is 19.0 Å². The Morgan fingerprint density at radius 3 is 2.09 bits per heavy atom. The monoisotopic (exact) mass is 306 g/mol. The molecule has 1 fully saturated rings. The minimum absolute atomic E-state index is 0.244. The molecule has 6 heteroatoms. The van der Waals surface area contributed by atoms with Gasteiger partial charge in [-0.25, -0.2) is 0 Å². The Bertz CT molecular complexity index is 508. The lowest BCUT2D eigenvalue weighted by Gasteiger charge is -2.32. The summed E-state index contributed by atoms with van der Waals surface area (Å²) in [5.74, 6) is 0.409. The summed E-state index contributed by atoms with van der Waals surface area (Å²) >= 11 is 0. The van der Waals surface area contributed by atoms with Gasteiger partial charge < -0.3 is 18.8 Å². The van der Waals surface area contributed by atoms with E-state index in [-0.39, 0.29) is 30.9 Å². The van der Waals surface area contributed by atoms with Crippen molar-refractivity contribution in [1.29, 1.82) is 0 Å². The Kier molecular flexibility index (Phi) is 4.82. The summed E-state index contributed by atoms with van der Waals surface area (Å²) in [5.41, 5.74) is 0.249. The highest BCUT2D eigenvalue weighted by Gasteiger charge is 2.51. The van der Waals surface area contributed by atoms with Crippen molar-refractivity contribution in [1.82, 2.24) is 0 Å². The Morgan fingerprint density at radius 2 is 1.59 bits per heavy atom. The van der Waals surface area contributed by atoms with Crippen molar-refractivity contribution in [3.8, 4) is 5.75 Å². The van der Waals surface area contributed by atoms with E-state index >= 15 is 0 Å². The molecule has 0 aliphatic carbocycles. The molecule has 0 unspecified atom stereocenters. The topological polar surface area (TPSA) is 54.0 Å². The van der Waals surface area contributed by atoms with Gasteiger partial charge in [-0.05, 0) is 45.3 Å². The maximum Gasteiger partial charge on any atom is 0.494 e. The first kappa shape index (κ1) is 16.8. The molecule has 0 atom stereocenters. The highest BCUT2D eigenvalue weighted by molar-refractivity contribution is 6.62. The van der Waals surface area contributed by atoms with Crippen LogP contribution in [0.5, 0.6) is 5.75 Å². The molecule has 0 aromatic heterocycles. The molecule has 0 bridgehead atoms. The second kappa shape index (κ2) is 6.30. The zero-order valence-corrected chi connectivity index (χ0v) is 13.8. The van der Waals surface area contributed by atoms with E-state index in [2.05, 4.69) is 0 Å². The molecule has 0 N–H and O–H groups in total. The average molecular weight is 306 g/mol. The first-order chi connectivity index (χ1) is 10.2. The van der Waals surface area contributed by atoms with Gasteiger partial charge in [-0.15, -0.1) is 0 Å². The smallest absolute Gasteiger partial charge is 0.490 e. The molecule has 0 radical (unpaired) electrons. The number of carbonyl (C=O) groups is 1. The van der Waals surface area contributed by atoms with Gasteiger partial charge in [-0.3, -0.25) is 4.79 Å². The van der Waals surface area contributed by atoms with Crippen molar-refractivity contribution in [3.05, 3.63) is 24.3 Å². The molecule has 1 aromatic carbocycles. The van der Waals surface area contributed by atoms with Crippen LogP contribution >= 0.6 is 0 Å². The van der Waals surface area contributed by atoms with Crippen molar-refractivity contribution in [2.24, 2.45) is 0 Å². The van der Waals surface area contributed by atoms with Crippen LogP contribution in [0.2, 0.25) is 0 Å². The lowest BCUT2D eigenvalue weighted by molar-refractivity contribution is -0.141. The van der Waals surface area contributed by atoms with Gasteiger partial charge in [0.05, 0.1) is 11.2 Å². The van der Waals surface area contributed by atoms with Gasteiger partial charge >= 0.3 is 13.1 Å². The van der Waals surface area contributed by atoms with Crippen LogP contribution in [0.25, 0.3) is 0 Å². The first-order valence-electron chi connectivity index (χ1n) is 7.43. The summed E-state index contributed by atoms with van der Waals surface area (Å²) in [7, 11) is -0.375. The molecule has 0 amide bonds. The predicted octanol–water partition coefficient (Wildman–Crippen LogP) is 1.93. The fraction of sp³-hybridized carbons (Fsp3) is 0.562. The highest BCUT2D eigenvalue weighted by Crippen LogP contribution is 2.36. The number of ether oxygens (including phenoxy) is 2. The van der Waals surface area contributed by atoms with E-state index in [1.165, 1.54) is 6.92 Å². The summed E-state index contributed by atoms with van der Waals surface area (Å²) in [6.45, 7) is 10.1. The third-order valence-electron chi connectivity index (χ3n) is 4.06. The third kappa shape index (κ3) is 3.81. The normalized spacial score (nSPS) is 19.0. The zero-order valence-electron chi connectivity index (χ0n) is 13.8. The lowest BCUT2D eigenvalue weighted by Crippen LogP contribution is -2.41. The summed E-state index contributed by atoms with van der Waals surface area (Å²) in [6, 6.07) is 7.55. The Balaban J connectivity index is 1.91. The molecule has 1 aromatic rings. The van der Waals surface area contributed by atoms with E-state index in [0.717, 1.165) is 5.46 Å². The van der Waals surface area contributed by atoms with Crippen molar-refractivity contribution in [2.45, 2.75) is 45.8 Å². The largest absolute Gasteiger partial charge is 0.494 e. The fourth-order valence-electron chi connectivity index (χ4n) is 2.05. The molecule has 0 spiro atoms. The van der Waals surface area contributed by atoms with Crippen LogP contribution in [0, 0.1) is 0 Å². The van der Waals surface area contributed by atoms with Gasteiger partial charge in [-0.1, -0.05) is 12.1 Å². The quantitative estimate of drug-likeness (QED) is 0.473. The summed E-state index contributed by atoms with van der Waals surface area (Å²) in [4.78, 5) is 10.6. The van der Waals surface area contributed by atoms with Crippen LogP contribution in [0.3, 0.4) is 0 Å². The molecule has 22 heavy (non-hydrogen) atoms. The molecule has 120 valence electrons. The minimum Gasteiger partial charge on any atom is -0.490 e. The van der Waals surface area contributed by atoms with Crippen molar-refractivity contribution in [2.75, 3.05) is 13.2 Å². The van der Waals surface area contributed by atoms with Crippen LogP contribution in [0.1, 0.15) is 34.6 Å². The summed E-state index contributed by atoms with van der Waals surface area (Å²) < 4.78 is 22.3. The molecule has 1 saturated heterocycles. The van der Waals surface area contributed by atoms with E-state index in [1.807, 2.05) is 52.0 Å². The standard InChI is InChI=1S/C16H23BO5/c1-12(18)19-10-11-20-14-8-6-13(7-9-14)17-21-15(2,3)16(4,5)22-17/h6-9H,10-11H2,1-5H3. The van der Waals surface area contributed by atoms with Gasteiger partial charge in [0.2, 0.25) is 0 Å². The molecule has 2 rings (SSSR count). The van der Waals surface area contributed by atoms with E-state index in [4.69, 9.17) is 18.8 Å². The second-order valence-electron chi connectivity index (χ2n) is 6.35. The fourth-order valence-corrected chi connectivity index (χ4v) is 2.05. The molecular weight excluding hydrogens is 283 g/mol. The molecule has 1 aliphatic heterocycles. The highest BCUT2D eigenvalue weighted by atomic mass is 16.7. The van der Waals surface area contributed by atoms with E-state index in [1.54, 1.807) is 0 Å². The molecule has 0 saturated carbocycles. The Morgan fingerprint density at radius 1 is 1.05 bits per heavy atom. The summed E-state index contributed by atoms with van der Waals surface area (Å²) in [5, 5.41) is 0.